The van der Waals surface area contributed by atoms with E-state index in [4.69, 9.17) is 4.74 Å². The van der Waals surface area contributed by atoms with E-state index in [1.165, 1.54) is 94.5 Å². The molecule has 2 aliphatic rings. The van der Waals surface area contributed by atoms with Crippen LogP contribution < -0.4 is 26.0 Å². The molecule has 2 nitrogen and oxygen atoms in total. The molecule has 264 valence electrons. The maximum absolute atomic E-state index is 6.97. The molecule has 0 aromatic heterocycles. The van der Waals surface area contributed by atoms with Crippen molar-refractivity contribution in [2.75, 3.05) is 4.90 Å². The molecule has 0 fully saturated rings. The SMILES string of the molecule is Cc1cc(C)c(-c2cccc(-c3c(C)cc(C)cc3C)c2B2c3ccccc3Oc3cc(N4c5ccccc5C(C)(C)c5ccccc54)ccc32)c(C)c1. The first-order chi connectivity index (χ1) is 26.0. The molecule has 2 aliphatic heterocycles. The number of fused-ring (bicyclic) bond motifs is 4. The molecule has 9 rings (SSSR count). The van der Waals surface area contributed by atoms with Crippen LogP contribution in [0.25, 0.3) is 22.3 Å². The Morgan fingerprint density at radius 3 is 1.52 bits per heavy atom. The molecule has 0 unspecified atom stereocenters. The van der Waals surface area contributed by atoms with Gasteiger partial charge in [-0.25, -0.2) is 0 Å². The Bertz CT molecular complexity index is 2480. The van der Waals surface area contributed by atoms with Gasteiger partial charge in [0.1, 0.15) is 11.5 Å². The lowest BCUT2D eigenvalue weighted by atomic mass is 9.34. The fourth-order valence-electron chi connectivity index (χ4n) is 9.87. The van der Waals surface area contributed by atoms with Gasteiger partial charge in [0, 0.05) is 17.2 Å². The highest BCUT2D eigenvalue weighted by molar-refractivity contribution is 6.98. The monoisotopic (exact) mass is 699 g/mol. The van der Waals surface area contributed by atoms with Crippen molar-refractivity contribution in [3.05, 3.63) is 178 Å². The van der Waals surface area contributed by atoms with Crippen LogP contribution in [0.1, 0.15) is 58.4 Å². The highest BCUT2D eigenvalue weighted by atomic mass is 16.5. The summed E-state index contributed by atoms with van der Waals surface area (Å²) in [4.78, 5) is 2.42. The lowest BCUT2D eigenvalue weighted by molar-refractivity contribution is 0.487. The quantitative estimate of drug-likeness (QED) is 0.170. The van der Waals surface area contributed by atoms with E-state index in [2.05, 4.69) is 194 Å². The summed E-state index contributed by atoms with van der Waals surface area (Å²) in [6.45, 7) is 18.1. The average Bonchev–Trinajstić information content (AvgIpc) is 3.13. The van der Waals surface area contributed by atoms with Crippen LogP contribution >= 0.6 is 0 Å². The van der Waals surface area contributed by atoms with Crippen LogP contribution in [0, 0.1) is 41.5 Å². The van der Waals surface area contributed by atoms with Gasteiger partial charge in [-0.1, -0.05) is 134 Å². The number of hydrogen-bond donors (Lipinski definition) is 0. The summed E-state index contributed by atoms with van der Waals surface area (Å²) in [7, 11) is 0. The van der Waals surface area contributed by atoms with E-state index >= 15 is 0 Å². The Morgan fingerprint density at radius 1 is 0.481 bits per heavy atom. The third-order valence-electron chi connectivity index (χ3n) is 11.9. The average molecular weight is 700 g/mol. The van der Waals surface area contributed by atoms with Crippen LogP contribution in [-0.2, 0) is 5.41 Å². The first-order valence-electron chi connectivity index (χ1n) is 19.2. The Hall–Kier alpha value is -5.80. The first-order valence-corrected chi connectivity index (χ1v) is 19.2. The van der Waals surface area contributed by atoms with Crippen LogP contribution in [-0.4, -0.2) is 6.71 Å². The molecule has 54 heavy (non-hydrogen) atoms. The zero-order chi connectivity index (χ0) is 37.5. The number of hydrogen-bond acceptors (Lipinski definition) is 2. The van der Waals surface area contributed by atoms with E-state index in [1.54, 1.807) is 0 Å². The molecule has 0 spiro atoms. The molecule has 7 aromatic carbocycles. The molecule has 7 aromatic rings. The van der Waals surface area contributed by atoms with Crippen LogP contribution in [0.5, 0.6) is 11.5 Å². The largest absolute Gasteiger partial charge is 0.458 e. The van der Waals surface area contributed by atoms with Gasteiger partial charge in [0.25, 0.3) is 6.71 Å². The highest BCUT2D eigenvalue weighted by Crippen LogP contribution is 2.52. The van der Waals surface area contributed by atoms with Crippen LogP contribution in [0.4, 0.5) is 17.1 Å². The number of aryl methyl sites for hydroxylation is 6. The summed E-state index contributed by atoms with van der Waals surface area (Å²) < 4.78 is 6.97. The first kappa shape index (κ1) is 34.0. The van der Waals surface area contributed by atoms with Crippen LogP contribution in [0.15, 0.2) is 133 Å². The topological polar surface area (TPSA) is 12.5 Å². The second kappa shape index (κ2) is 12.7. The number of rotatable bonds is 4. The fraction of sp³-hybridized carbons (Fsp3) is 0.176. The van der Waals surface area contributed by atoms with Gasteiger partial charge in [0.2, 0.25) is 0 Å². The third-order valence-corrected chi connectivity index (χ3v) is 11.9. The van der Waals surface area contributed by atoms with E-state index in [-0.39, 0.29) is 12.1 Å². The minimum absolute atomic E-state index is 0.0646. The fourth-order valence-corrected chi connectivity index (χ4v) is 9.87. The Balaban J connectivity index is 1.32. The summed E-state index contributed by atoms with van der Waals surface area (Å²) >= 11 is 0. The normalized spacial score (nSPS) is 13.8. The predicted molar refractivity (Wildman–Crippen MR) is 230 cm³/mol. The van der Waals surface area contributed by atoms with Crippen molar-refractivity contribution in [3.63, 3.8) is 0 Å². The molecule has 0 saturated carbocycles. The molecule has 3 heteroatoms. The predicted octanol–water partition coefficient (Wildman–Crippen LogP) is 11.6. The van der Waals surface area contributed by atoms with Gasteiger partial charge in [0.15, 0.2) is 0 Å². The minimum atomic E-state index is -0.128. The third kappa shape index (κ3) is 5.24. The molecular weight excluding hydrogens is 653 g/mol. The van der Waals surface area contributed by atoms with Gasteiger partial charge >= 0.3 is 0 Å². The van der Waals surface area contributed by atoms with Crippen molar-refractivity contribution < 1.29 is 4.74 Å². The van der Waals surface area contributed by atoms with Crippen LogP contribution in [0.3, 0.4) is 0 Å². The van der Waals surface area contributed by atoms with Crippen molar-refractivity contribution >= 4 is 40.2 Å². The number of benzene rings is 7. The van der Waals surface area contributed by atoms with Gasteiger partial charge in [-0.15, -0.1) is 0 Å². The number of ether oxygens (including phenoxy) is 1. The van der Waals surface area contributed by atoms with E-state index < -0.39 is 0 Å². The van der Waals surface area contributed by atoms with Gasteiger partial charge in [-0.3, -0.25) is 0 Å². The van der Waals surface area contributed by atoms with Crippen molar-refractivity contribution in [1.29, 1.82) is 0 Å². The number of anilines is 3. The molecule has 2 heterocycles. The highest BCUT2D eigenvalue weighted by Gasteiger charge is 2.39. The lowest BCUT2D eigenvalue weighted by Crippen LogP contribution is -2.56. The summed E-state index contributed by atoms with van der Waals surface area (Å²) in [5.74, 6) is 1.80. The molecular formula is C51H46BNO. The second-order valence-electron chi connectivity index (χ2n) is 16.1. The van der Waals surface area contributed by atoms with Crippen molar-refractivity contribution in [1.82, 2.24) is 0 Å². The summed E-state index contributed by atoms with van der Waals surface area (Å²) in [5, 5.41) is 0. The van der Waals surface area contributed by atoms with Gasteiger partial charge in [-0.2, -0.15) is 0 Å². The molecule has 0 aliphatic carbocycles. The maximum Gasteiger partial charge on any atom is 0.252 e. The number of nitrogens with zero attached hydrogens (tertiary/aromatic N) is 1. The minimum Gasteiger partial charge on any atom is -0.458 e. The van der Waals surface area contributed by atoms with E-state index in [9.17, 15) is 0 Å². The van der Waals surface area contributed by atoms with Crippen LogP contribution in [0.2, 0.25) is 0 Å². The van der Waals surface area contributed by atoms with Crippen molar-refractivity contribution in [2.45, 2.75) is 60.8 Å². The van der Waals surface area contributed by atoms with Gasteiger partial charge in [0.05, 0.1) is 11.4 Å². The van der Waals surface area contributed by atoms with Gasteiger partial charge in [-0.05, 0) is 132 Å². The molecule has 0 radical (unpaired) electrons. The van der Waals surface area contributed by atoms with E-state index in [1.807, 2.05) is 0 Å². The lowest BCUT2D eigenvalue weighted by Gasteiger charge is -2.42. The molecule has 0 saturated heterocycles. The van der Waals surface area contributed by atoms with E-state index in [0.29, 0.717) is 0 Å². The number of para-hydroxylation sites is 3. The summed E-state index contributed by atoms with van der Waals surface area (Å²) in [5.41, 5.74) is 22.6. The zero-order valence-electron chi connectivity index (χ0n) is 32.6. The summed E-state index contributed by atoms with van der Waals surface area (Å²) in [6.07, 6.45) is 0. The smallest absolute Gasteiger partial charge is 0.252 e. The van der Waals surface area contributed by atoms with E-state index in [0.717, 1.165) is 17.2 Å². The Morgan fingerprint density at radius 2 is 0.963 bits per heavy atom. The molecule has 0 atom stereocenters. The van der Waals surface area contributed by atoms with Gasteiger partial charge < -0.3 is 9.64 Å². The second-order valence-corrected chi connectivity index (χ2v) is 16.1. The maximum atomic E-state index is 6.97. The molecule has 0 bridgehead atoms. The zero-order valence-corrected chi connectivity index (χ0v) is 32.6. The Kier molecular flexibility index (Phi) is 7.97. The molecule has 0 amide bonds. The van der Waals surface area contributed by atoms with Crippen molar-refractivity contribution in [2.24, 2.45) is 0 Å². The summed E-state index contributed by atoms with van der Waals surface area (Å²) in [6, 6.07) is 49.5. The molecule has 0 N–H and O–H groups in total. The standard InChI is InChI=1S/C51H46BNO/c1-31-26-33(3)48(34(4)27-31)38-16-15-17-39(49-35(5)28-32(2)29-36(49)6)50(38)52-42-20-11-14-23-46(42)54-47-30-37(24-25-43(47)52)53-44-21-12-9-18-40(44)51(7,8)41-19-10-13-22-45(41)53/h9-30H,1-8H3. The Labute approximate surface area is 321 Å². The van der Waals surface area contributed by atoms with Crippen molar-refractivity contribution in [3.8, 4) is 33.8 Å².